The van der Waals surface area contributed by atoms with Crippen molar-refractivity contribution < 1.29 is 19.1 Å². The number of esters is 1. The summed E-state index contributed by atoms with van der Waals surface area (Å²) < 4.78 is 9.74. The molecule has 6 heteroatoms. The average molecular weight is 312 g/mol. The molecule has 0 fully saturated rings. The number of halogens is 1. The third kappa shape index (κ3) is 6.31. The Morgan fingerprint density at radius 2 is 1.76 bits per heavy atom. The van der Waals surface area contributed by atoms with Crippen molar-refractivity contribution in [1.29, 1.82) is 0 Å². The van der Waals surface area contributed by atoms with Crippen LogP contribution in [0.25, 0.3) is 6.08 Å². The first kappa shape index (κ1) is 17.0. The minimum Gasteiger partial charge on any atom is -0.464 e. The molecule has 1 rings (SSSR count). The van der Waals surface area contributed by atoms with Crippen LogP contribution in [0.4, 0.5) is 4.79 Å². The van der Waals surface area contributed by atoms with Crippen LogP contribution in [0, 0.1) is 0 Å². The molecule has 0 aliphatic carbocycles. The molecule has 0 spiro atoms. The molecule has 0 saturated carbocycles. The lowest BCUT2D eigenvalue weighted by Crippen LogP contribution is -2.34. The average Bonchev–Trinajstić information content (AvgIpc) is 2.37. The summed E-state index contributed by atoms with van der Waals surface area (Å²) in [4.78, 5) is 23.4. The van der Waals surface area contributed by atoms with Gasteiger partial charge in [-0.1, -0.05) is 23.7 Å². The monoisotopic (exact) mass is 311 g/mol. The zero-order valence-corrected chi connectivity index (χ0v) is 13.2. The van der Waals surface area contributed by atoms with Crippen molar-refractivity contribution in [3.05, 3.63) is 40.5 Å². The van der Waals surface area contributed by atoms with Crippen LogP contribution >= 0.6 is 11.6 Å². The summed E-state index contributed by atoms with van der Waals surface area (Å²) in [6, 6.07) is 6.77. The van der Waals surface area contributed by atoms with E-state index in [1.54, 1.807) is 45.0 Å². The zero-order chi connectivity index (χ0) is 16.0. The van der Waals surface area contributed by atoms with Gasteiger partial charge in [-0.15, -0.1) is 0 Å². The highest BCUT2D eigenvalue weighted by molar-refractivity contribution is 6.30. The topological polar surface area (TPSA) is 64.6 Å². The van der Waals surface area contributed by atoms with E-state index in [0.717, 1.165) is 0 Å². The van der Waals surface area contributed by atoms with Gasteiger partial charge in [0.05, 0.1) is 7.11 Å². The van der Waals surface area contributed by atoms with Crippen LogP contribution in [0.3, 0.4) is 0 Å². The second kappa shape index (κ2) is 7.13. The Kier molecular flexibility index (Phi) is 5.79. The lowest BCUT2D eigenvalue weighted by Gasteiger charge is -2.20. The molecule has 0 atom stereocenters. The number of hydrogen-bond donors (Lipinski definition) is 1. The van der Waals surface area contributed by atoms with E-state index < -0.39 is 17.7 Å². The predicted molar refractivity (Wildman–Crippen MR) is 80.8 cm³/mol. The standard InChI is InChI=1S/C15H18ClNO4/c1-15(2,3)21-14(19)17-12(13(18)20-4)9-10-5-7-11(16)8-6-10/h5-9H,1-4H3,(H,17,19). The Morgan fingerprint density at radius 1 is 1.19 bits per heavy atom. The molecule has 5 nitrogen and oxygen atoms in total. The Hall–Kier alpha value is -2.01. The van der Waals surface area contributed by atoms with E-state index in [1.807, 2.05) is 0 Å². The summed E-state index contributed by atoms with van der Waals surface area (Å²) in [6.45, 7) is 5.19. The summed E-state index contributed by atoms with van der Waals surface area (Å²) in [5, 5.41) is 2.96. The molecule has 0 aromatic heterocycles. The van der Waals surface area contributed by atoms with Crippen molar-refractivity contribution in [1.82, 2.24) is 5.32 Å². The van der Waals surface area contributed by atoms with Gasteiger partial charge in [-0.05, 0) is 44.5 Å². The number of rotatable bonds is 3. The molecule has 1 amide bonds. The fraction of sp³-hybridized carbons (Fsp3) is 0.333. The van der Waals surface area contributed by atoms with Gasteiger partial charge >= 0.3 is 12.1 Å². The van der Waals surface area contributed by atoms with Crippen LogP contribution < -0.4 is 5.32 Å². The zero-order valence-electron chi connectivity index (χ0n) is 12.4. The fourth-order valence-corrected chi connectivity index (χ4v) is 1.52. The van der Waals surface area contributed by atoms with Crippen molar-refractivity contribution in [3.63, 3.8) is 0 Å². The number of alkyl carbamates (subject to hydrolysis) is 1. The summed E-state index contributed by atoms with van der Waals surface area (Å²) in [6.07, 6.45) is 0.750. The van der Waals surface area contributed by atoms with E-state index in [9.17, 15) is 9.59 Å². The van der Waals surface area contributed by atoms with Gasteiger partial charge in [0.25, 0.3) is 0 Å². The first-order valence-corrected chi connectivity index (χ1v) is 6.64. The fourth-order valence-electron chi connectivity index (χ4n) is 1.40. The number of hydrogen-bond acceptors (Lipinski definition) is 4. The van der Waals surface area contributed by atoms with Crippen molar-refractivity contribution in [2.75, 3.05) is 7.11 Å². The van der Waals surface area contributed by atoms with Crippen LogP contribution in [-0.2, 0) is 14.3 Å². The number of methoxy groups -OCH3 is 1. The van der Waals surface area contributed by atoms with Crippen LogP contribution in [0.15, 0.2) is 30.0 Å². The Labute approximate surface area is 128 Å². The number of ether oxygens (including phenoxy) is 2. The maximum Gasteiger partial charge on any atom is 0.412 e. The first-order chi connectivity index (χ1) is 9.71. The summed E-state index contributed by atoms with van der Waals surface area (Å²) >= 11 is 5.79. The SMILES string of the molecule is COC(=O)C(=Cc1ccc(Cl)cc1)NC(=O)OC(C)(C)C. The van der Waals surface area contributed by atoms with Gasteiger partial charge in [-0.3, -0.25) is 5.32 Å². The smallest absolute Gasteiger partial charge is 0.412 e. The van der Waals surface area contributed by atoms with E-state index in [-0.39, 0.29) is 5.70 Å². The van der Waals surface area contributed by atoms with Crippen LogP contribution in [-0.4, -0.2) is 24.8 Å². The largest absolute Gasteiger partial charge is 0.464 e. The maximum absolute atomic E-state index is 11.7. The Bertz CT molecular complexity index is 544. The van der Waals surface area contributed by atoms with Crippen LogP contribution in [0.1, 0.15) is 26.3 Å². The Balaban J connectivity index is 2.93. The maximum atomic E-state index is 11.7. The molecule has 0 unspecified atom stereocenters. The molecule has 0 heterocycles. The van der Waals surface area contributed by atoms with Crippen molar-refractivity contribution in [2.24, 2.45) is 0 Å². The third-order valence-corrected chi connectivity index (χ3v) is 2.47. The molecule has 0 radical (unpaired) electrons. The van der Waals surface area contributed by atoms with E-state index in [0.29, 0.717) is 10.6 Å². The minimum absolute atomic E-state index is 0.0194. The predicted octanol–water partition coefficient (Wildman–Crippen LogP) is 3.38. The molecule has 1 aromatic rings. The van der Waals surface area contributed by atoms with Gasteiger partial charge in [-0.2, -0.15) is 0 Å². The molecule has 0 bridgehead atoms. The molecule has 0 aliphatic rings. The molecular formula is C15H18ClNO4. The molecule has 114 valence electrons. The molecule has 0 aliphatic heterocycles. The highest BCUT2D eigenvalue weighted by Crippen LogP contribution is 2.13. The molecular weight excluding hydrogens is 294 g/mol. The van der Waals surface area contributed by atoms with E-state index in [1.165, 1.54) is 13.2 Å². The van der Waals surface area contributed by atoms with E-state index in [2.05, 4.69) is 10.1 Å². The van der Waals surface area contributed by atoms with Gasteiger partial charge in [0.1, 0.15) is 11.3 Å². The summed E-state index contributed by atoms with van der Waals surface area (Å²) in [7, 11) is 1.23. The highest BCUT2D eigenvalue weighted by atomic mass is 35.5. The second-order valence-corrected chi connectivity index (χ2v) is 5.66. The minimum atomic E-state index is -0.729. The first-order valence-electron chi connectivity index (χ1n) is 6.27. The number of carbonyl (C=O) groups excluding carboxylic acids is 2. The summed E-state index contributed by atoms with van der Waals surface area (Å²) in [5.41, 5.74) is 0.0101. The van der Waals surface area contributed by atoms with Crippen molar-refractivity contribution in [3.8, 4) is 0 Å². The molecule has 0 saturated heterocycles. The Morgan fingerprint density at radius 3 is 2.24 bits per heavy atom. The second-order valence-electron chi connectivity index (χ2n) is 5.23. The molecule has 1 aromatic carbocycles. The molecule has 21 heavy (non-hydrogen) atoms. The lowest BCUT2D eigenvalue weighted by atomic mass is 10.2. The number of nitrogens with one attached hydrogen (secondary N) is 1. The molecule has 1 N–H and O–H groups in total. The van der Waals surface area contributed by atoms with Crippen molar-refractivity contribution in [2.45, 2.75) is 26.4 Å². The van der Waals surface area contributed by atoms with E-state index >= 15 is 0 Å². The van der Waals surface area contributed by atoms with Gasteiger partial charge in [-0.25, -0.2) is 9.59 Å². The quantitative estimate of drug-likeness (QED) is 0.686. The summed E-state index contributed by atoms with van der Waals surface area (Å²) in [5.74, 6) is -0.671. The number of amides is 1. The van der Waals surface area contributed by atoms with E-state index in [4.69, 9.17) is 16.3 Å². The number of benzene rings is 1. The van der Waals surface area contributed by atoms with Crippen molar-refractivity contribution >= 4 is 29.7 Å². The van der Waals surface area contributed by atoms with Crippen LogP contribution in [0.5, 0.6) is 0 Å². The van der Waals surface area contributed by atoms with Gasteiger partial charge in [0.15, 0.2) is 0 Å². The van der Waals surface area contributed by atoms with Crippen LogP contribution in [0.2, 0.25) is 5.02 Å². The van der Waals surface area contributed by atoms with Gasteiger partial charge in [0, 0.05) is 5.02 Å². The lowest BCUT2D eigenvalue weighted by molar-refractivity contribution is -0.136. The normalized spacial score (nSPS) is 11.8. The number of carbonyl (C=O) groups is 2. The third-order valence-electron chi connectivity index (χ3n) is 2.22. The van der Waals surface area contributed by atoms with Gasteiger partial charge in [0.2, 0.25) is 0 Å². The van der Waals surface area contributed by atoms with Gasteiger partial charge < -0.3 is 9.47 Å². The highest BCUT2D eigenvalue weighted by Gasteiger charge is 2.19.